The zero-order valence-electron chi connectivity index (χ0n) is 9.64. The van der Waals surface area contributed by atoms with E-state index in [9.17, 15) is 4.79 Å². The zero-order valence-corrected chi connectivity index (χ0v) is 9.64. The molecule has 0 aliphatic heterocycles. The van der Waals surface area contributed by atoms with Crippen molar-refractivity contribution in [3.05, 3.63) is 18.5 Å². The molecule has 0 amide bonds. The standard InChI is InChI=1S/C11H17N3O2/c1-3-14(8-11(15)16-4-2)10-5-6-13-7-9(10)12/h5-7H,3-4,8,12H2,1-2H3. The maximum Gasteiger partial charge on any atom is 0.325 e. The van der Waals surface area contributed by atoms with Crippen LogP contribution in [0.2, 0.25) is 0 Å². The molecule has 88 valence electrons. The maximum absolute atomic E-state index is 11.4. The Morgan fingerprint density at radius 3 is 2.88 bits per heavy atom. The highest BCUT2D eigenvalue weighted by Crippen LogP contribution is 2.20. The van der Waals surface area contributed by atoms with Crippen molar-refractivity contribution in [2.75, 3.05) is 30.3 Å². The van der Waals surface area contributed by atoms with Crippen LogP contribution in [0.4, 0.5) is 11.4 Å². The van der Waals surface area contributed by atoms with Gasteiger partial charge in [-0.15, -0.1) is 0 Å². The number of anilines is 2. The number of carbonyl (C=O) groups excluding carboxylic acids is 1. The first kappa shape index (κ1) is 12.3. The number of nitrogens with two attached hydrogens (primary N) is 1. The quantitative estimate of drug-likeness (QED) is 0.756. The molecular formula is C11H17N3O2. The van der Waals surface area contributed by atoms with Crippen LogP contribution >= 0.6 is 0 Å². The number of hydrogen-bond acceptors (Lipinski definition) is 5. The van der Waals surface area contributed by atoms with Gasteiger partial charge in [0, 0.05) is 12.7 Å². The van der Waals surface area contributed by atoms with E-state index in [0.717, 1.165) is 5.69 Å². The molecule has 0 atom stereocenters. The van der Waals surface area contributed by atoms with Gasteiger partial charge in [0.05, 0.1) is 24.2 Å². The van der Waals surface area contributed by atoms with E-state index in [1.54, 1.807) is 25.4 Å². The SMILES string of the molecule is CCOC(=O)CN(CC)c1ccncc1N. The molecule has 1 heterocycles. The van der Waals surface area contributed by atoms with Crippen molar-refractivity contribution in [1.82, 2.24) is 4.98 Å². The molecule has 16 heavy (non-hydrogen) atoms. The van der Waals surface area contributed by atoms with E-state index in [-0.39, 0.29) is 12.5 Å². The van der Waals surface area contributed by atoms with Crippen molar-refractivity contribution in [2.45, 2.75) is 13.8 Å². The number of ether oxygens (including phenoxy) is 1. The Bertz CT molecular complexity index is 355. The van der Waals surface area contributed by atoms with Gasteiger partial charge in [0.2, 0.25) is 0 Å². The molecule has 5 nitrogen and oxygen atoms in total. The van der Waals surface area contributed by atoms with E-state index in [0.29, 0.717) is 18.8 Å². The van der Waals surface area contributed by atoms with Gasteiger partial charge in [0.15, 0.2) is 0 Å². The van der Waals surface area contributed by atoms with Crippen LogP contribution in [-0.2, 0) is 9.53 Å². The number of hydrogen-bond donors (Lipinski definition) is 1. The second-order valence-electron chi connectivity index (χ2n) is 3.25. The van der Waals surface area contributed by atoms with Gasteiger partial charge in [0.25, 0.3) is 0 Å². The van der Waals surface area contributed by atoms with Crippen molar-refractivity contribution >= 4 is 17.3 Å². The summed E-state index contributed by atoms with van der Waals surface area (Å²) in [5.41, 5.74) is 7.16. The van der Waals surface area contributed by atoms with Crippen LogP contribution in [0.25, 0.3) is 0 Å². The number of likely N-dealkylation sites (N-methyl/N-ethyl adjacent to an activating group) is 1. The number of esters is 1. The van der Waals surface area contributed by atoms with Crippen LogP contribution in [0.3, 0.4) is 0 Å². The van der Waals surface area contributed by atoms with Crippen molar-refractivity contribution < 1.29 is 9.53 Å². The van der Waals surface area contributed by atoms with Gasteiger partial charge in [0.1, 0.15) is 6.54 Å². The molecule has 0 aromatic carbocycles. The number of nitrogen functional groups attached to an aromatic ring is 1. The Hall–Kier alpha value is -1.78. The average molecular weight is 223 g/mol. The number of carbonyl (C=O) groups is 1. The third-order valence-corrected chi connectivity index (χ3v) is 2.18. The Morgan fingerprint density at radius 2 is 2.31 bits per heavy atom. The fraction of sp³-hybridized carbons (Fsp3) is 0.455. The predicted octanol–water partition coefficient (Wildman–Crippen LogP) is 1.05. The van der Waals surface area contributed by atoms with E-state index < -0.39 is 0 Å². The lowest BCUT2D eigenvalue weighted by atomic mass is 10.3. The highest BCUT2D eigenvalue weighted by atomic mass is 16.5. The number of aromatic nitrogens is 1. The topological polar surface area (TPSA) is 68.5 Å². The molecule has 0 unspecified atom stereocenters. The second kappa shape index (κ2) is 5.95. The molecule has 0 bridgehead atoms. The largest absolute Gasteiger partial charge is 0.465 e. The summed E-state index contributed by atoms with van der Waals surface area (Å²) in [7, 11) is 0. The van der Waals surface area contributed by atoms with Crippen LogP contribution < -0.4 is 10.6 Å². The van der Waals surface area contributed by atoms with Gasteiger partial charge in [-0.05, 0) is 19.9 Å². The maximum atomic E-state index is 11.4. The summed E-state index contributed by atoms with van der Waals surface area (Å²) in [4.78, 5) is 17.1. The summed E-state index contributed by atoms with van der Waals surface area (Å²) in [6, 6.07) is 1.79. The molecule has 0 fully saturated rings. The van der Waals surface area contributed by atoms with Gasteiger partial charge >= 0.3 is 5.97 Å². The molecule has 0 radical (unpaired) electrons. The predicted molar refractivity (Wildman–Crippen MR) is 63.2 cm³/mol. The van der Waals surface area contributed by atoms with Gasteiger partial charge in [-0.25, -0.2) is 0 Å². The van der Waals surface area contributed by atoms with E-state index in [1.165, 1.54) is 0 Å². The van der Waals surface area contributed by atoms with Gasteiger partial charge in [-0.2, -0.15) is 0 Å². The molecule has 1 aromatic rings. The molecule has 0 aliphatic rings. The Labute approximate surface area is 95.2 Å². The van der Waals surface area contributed by atoms with Crippen LogP contribution in [-0.4, -0.2) is 30.6 Å². The zero-order chi connectivity index (χ0) is 12.0. The summed E-state index contributed by atoms with van der Waals surface area (Å²) < 4.78 is 4.90. The normalized spacial score (nSPS) is 9.88. The van der Waals surface area contributed by atoms with Crippen LogP contribution in [0, 0.1) is 0 Å². The molecule has 5 heteroatoms. The van der Waals surface area contributed by atoms with E-state index in [4.69, 9.17) is 10.5 Å². The molecule has 1 rings (SSSR count). The fourth-order valence-electron chi connectivity index (χ4n) is 1.42. The number of pyridine rings is 1. The molecule has 0 spiro atoms. The molecule has 1 aromatic heterocycles. The third-order valence-electron chi connectivity index (χ3n) is 2.18. The smallest absolute Gasteiger partial charge is 0.325 e. The molecule has 2 N–H and O–H groups in total. The first-order valence-corrected chi connectivity index (χ1v) is 5.29. The van der Waals surface area contributed by atoms with Crippen LogP contribution in [0.1, 0.15) is 13.8 Å². The van der Waals surface area contributed by atoms with Gasteiger partial charge < -0.3 is 15.4 Å². The minimum atomic E-state index is -0.249. The lowest BCUT2D eigenvalue weighted by molar-refractivity contribution is -0.141. The lowest BCUT2D eigenvalue weighted by Crippen LogP contribution is -2.31. The first-order chi connectivity index (χ1) is 7.69. The van der Waals surface area contributed by atoms with E-state index >= 15 is 0 Å². The molecule has 0 aliphatic carbocycles. The van der Waals surface area contributed by atoms with Crippen LogP contribution in [0.15, 0.2) is 18.5 Å². The summed E-state index contributed by atoms with van der Waals surface area (Å²) in [5, 5.41) is 0. The minimum absolute atomic E-state index is 0.207. The van der Waals surface area contributed by atoms with Crippen molar-refractivity contribution in [1.29, 1.82) is 0 Å². The summed E-state index contributed by atoms with van der Waals surface area (Å²) in [6.07, 6.45) is 3.22. The lowest BCUT2D eigenvalue weighted by Gasteiger charge is -2.22. The monoisotopic (exact) mass is 223 g/mol. The van der Waals surface area contributed by atoms with Crippen molar-refractivity contribution in [2.24, 2.45) is 0 Å². The Kier molecular flexibility index (Phi) is 4.57. The second-order valence-corrected chi connectivity index (χ2v) is 3.25. The highest BCUT2D eigenvalue weighted by Gasteiger charge is 2.12. The van der Waals surface area contributed by atoms with Crippen molar-refractivity contribution in [3.8, 4) is 0 Å². The van der Waals surface area contributed by atoms with E-state index in [1.807, 2.05) is 11.8 Å². The Balaban J connectivity index is 2.75. The minimum Gasteiger partial charge on any atom is -0.465 e. The van der Waals surface area contributed by atoms with Gasteiger partial charge in [-0.3, -0.25) is 9.78 Å². The number of rotatable bonds is 5. The van der Waals surface area contributed by atoms with E-state index in [2.05, 4.69) is 4.98 Å². The highest BCUT2D eigenvalue weighted by molar-refractivity contribution is 5.78. The van der Waals surface area contributed by atoms with Gasteiger partial charge in [-0.1, -0.05) is 0 Å². The fourth-order valence-corrected chi connectivity index (χ4v) is 1.42. The molecule has 0 saturated carbocycles. The molecular weight excluding hydrogens is 206 g/mol. The molecule has 0 saturated heterocycles. The van der Waals surface area contributed by atoms with Crippen LogP contribution in [0.5, 0.6) is 0 Å². The van der Waals surface area contributed by atoms with Crippen molar-refractivity contribution in [3.63, 3.8) is 0 Å². The summed E-state index contributed by atoms with van der Waals surface area (Å²) in [6.45, 7) is 5.03. The summed E-state index contributed by atoms with van der Waals surface area (Å²) in [5.74, 6) is -0.249. The Morgan fingerprint density at radius 1 is 1.56 bits per heavy atom. The third kappa shape index (κ3) is 3.12. The summed E-state index contributed by atoms with van der Waals surface area (Å²) >= 11 is 0. The first-order valence-electron chi connectivity index (χ1n) is 5.29. The number of nitrogens with zero attached hydrogens (tertiary/aromatic N) is 2. The average Bonchev–Trinajstić information content (AvgIpc) is 2.27.